The summed E-state index contributed by atoms with van der Waals surface area (Å²) < 4.78 is 1.37. The minimum absolute atomic E-state index is 0.976. The highest BCUT2D eigenvalue weighted by atomic mass is 32.1. The molecule has 1 heterocycles. The second kappa shape index (κ2) is 3.11. The Kier molecular flexibility index (Phi) is 1.96. The van der Waals surface area contributed by atoms with Crippen LogP contribution in [-0.4, -0.2) is 0 Å². The molecule has 1 aromatic carbocycles. The molecule has 0 fully saturated rings. The van der Waals surface area contributed by atoms with Crippen LogP contribution >= 0.6 is 11.3 Å². The maximum absolute atomic E-state index is 3.75. The summed E-state index contributed by atoms with van der Waals surface area (Å²) in [4.78, 5) is 0. The summed E-state index contributed by atoms with van der Waals surface area (Å²) in [7, 11) is 0. The topological polar surface area (TPSA) is 0 Å². The van der Waals surface area contributed by atoms with Crippen LogP contribution in [0.4, 0.5) is 0 Å². The summed E-state index contributed by atoms with van der Waals surface area (Å²) in [6.07, 6.45) is 2.93. The van der Waals surface area contributed by atoms with E-state index in [4.69, 9.17) is 0 Å². The molecule has 0 aliphatic rings. The first-order chi connectivity index (χ1) is 5.92. The summed E-state index contributed by atoms with van der Waals surface area (Å²) in [5.74, 6) is 0. The van der Waals surface area contributed by atoms with Crippen LogP contribution in [0.5, 0.6) is 0 Å². The number of thiophene rings is 1. The molecule has 0 N–H and O–H groups in total. The second-order valence-electron chi connectivity index (χ2n) is 2.75. The van der Waals surface area contributed by atoms with E-state index in [1.807, 2.05) is 6.08 Å². The first kappa shape index (κ1) is 7.56. The Morgan fingerprint density at radius 1 is 1.33 bits per heavy atom. The Balaban J connectivity index is 2.62. The fourth-order valence-corrected chi connectivity index (χ4v) is 2.32. The van der Waals surface area contributed by atoms with E-state index < -0.39 is 0 Å². The lowest BCUT2D eigenvalue weighted by atomic mass is 10.1. The van der Waals surface area contributed by atoms with Gasteiger partial charge in [-0.1, -0.05) is 24.3 Å². The predicted octanol–water partition coefficient (Wildman–Crippen LogP) is 3.63. The van der Waals surface area contributed by atoms with E-state index in [-0.39, 0.29) is 0 Å². The summed E-state index contributed by atoms with van der Waals surface area (Å²) in [6, 6.07) is 8.50. The van der Waals surface area contributed by atoms with Crippen LogP contribution in [0.1, 0.15) is 5.56 Å². The van der Waals surface area contributed by atoms with Crippen LogP contribution < -0.4 is 0 Å². The van der Waals surface area contributed by atoms with Gasteiger partial charge >= 0.3 is 0 Å². The molecule has 0 amide bonds. The molecule has 0 spiro atoms. The standard InChI is InChI=1S/C11H10S/c1-2-5-9-8-12-11-7-4-3-6-10(9)11/h2-4,6-8H,1,5H2. The fourth-order valence-electron chi connectivity index (χ4n) is 1.35. The third-order valence-corrected chi connectivity index (χ3v) is 2.94. The van der Waals surface area contributed by atoms with E-state index in [1.165, 1.54) is 15.6 Å². The van der Waals surface area contributed by atoms with Crippen LogP contribution in [0, 0.1) is 0 Å². The molecule has 2 aromatic rings. The summed E-state index contributed by atoms with van der Waals surface area (Å²) in [5, 5.41) is 3.59. The molecule has 0 radical (unpaired) electrons. The maximum Gasteiger partial charge on any atom is 0.0345 e. The number of benzene rings is 1. The minimum atomic E-state index is 0.976. The molecule has 12 heavy (non-hydrogen) atoms. The number of hydrogen-bond donors (Lipinski definition) is 0. The average Bonchev–Trinajstić information content (AvgIpc) is 2.50. The normalized spacial score (nSPS) is 10.3. The van der Waals surface area contributed by atoms with Gasteiger partial charge in [-0.2, -0.15) is 0 Å². The number of allylic oxidation sites excluding steroid dienone is 1. The number of hydrogen-bond acceptors (Lipinski definition) is 1. The van der Waals surface area contributed by atoms with Gasteiger partial charge in [-0.05, 0) is 28.8 Å². The van der Waals surface area contributed by atoms with E-state index in [1.54, 1.807) is 11.3 Å². The Morgan fingerprint density at radius 2 is 2.17 bits per heavy atom. The molecule has 0 aliphatic heterocycles. The van der Waals surface area contributed by atoms with E-state index >= 15 is 0 Å². The lowest BCUT2D eigenvalue weighted by Crippen LogP contribution is -1.74. The molecule has 0 saturated heterocycles. The van der Waals surface area contributed by atoms with Crippen LogP contribution in [0.15, 0.2) is 42.3 Å². The first-order valence-electron chi connectivity index (χ1n) is 3.98. The monoisotopic (exact) mass is 174 g/mol. The lowest BCUT2D eigenvalue weighted by molar-refractivity contribution is 1.33. The first-order valence-corrected chi connectivity index (χ1v) is 4.86. The van der Waals surface area contributed by atoms with Crippen molar-refractivity contribution in [1.29, 1.82) is 0 Å². The smallest absolute Gasteiger partial charge is 0.0345 e. The molecule has 2 rings (SSSR count). The molecular formula is C11H10S. The molecule has 0 atom stereocenters. The van der Waals surface area contributed by atoms with Gasteiger partial charge in [0.2, 0.25) is 0 Å². The van der Waals surface area contributed by atoms with Gasteiger partial charge < -0.3 is 0 Å². The zero-order chi connectivity index (χ0) is 8.39. The summed E-state index contributed by atoms with van der Waals surface area (Å²) in [5.41, 5.74) is 1.39. The molecule has 60 valence electrons. The Labute approximate surface area is 76.2 Å². The van der Waals surface area contributed by atoms with Gasteiger partial charge in [0.25, 0.3) is 0 Å². The van der Waals surface area contributed by atoms with Crippen molar-refractivity contribution in [3.8, 4) is 0 Å². The lowest BCUT2D eigenvalue weighted by Gasteiger charge is -1.91. The van der Waals surface area contributed by atoms with Crippen LogP contribution in [0.25, 0.3) is 10.1 Å². The third-order valence-electron chi connectivity index (χ3n) is 1.93. The zero-order valence-electron chi connectivity index (χ0n) is 6.79. The summed E-state index contributed by atoms with van der Waals surface area (Å²) in [6.45, 7) is 3.75. The molecular weight excluding hydrogens is 164 g/mol. The van der Waals surface area contributed by atoms with Crippen molar-refractivity contribution in [2.75, 3.05) is 0 Å². The fraction of sp³-hybridized carbons (Fsp3) is 0.0909. The van der Waals surface area contributed by atoms with Crippen molar-refractivity contribution in [3.05, 3.63) is 47.9 Å². The summed E-state index contributed by atoms with van der Waals surface area (Å²) >= 11 is 1.81. The molecule has 0 nitrogen and oxygen atoms in total. The highest BCUT2D eigenvalue weighted by Gasteiger charge is 1.99. The molecule has 0 bridgehead atoms. The highest BCUT2D eigenvalue weighted by molar-refractivity contribution is 7.17. The molecule has 1 heteroatoms. The Morgan fingerprint density at radius 3 is 3.00 bits per heavy atom. The molecule has 0 unspecified atom stereocenters. The SMILES string of the molecule is C=CCc1csc2ccccc12. The van der Waals surface area contributed by atoms with E-state index in [9.17, 15) is 0 Å². The molecule has 1 aromatic heterocycles. The minimum Gasteiger partial charge on any atom is -0.144 e. The molecule has 0 saturated carbocycles. The van der Waals surface area contributed by atoms with Crippen molar-refractivity contribution < 1.29 is 0 Å². The largest absolute Gasteiger partial charge is 0.144 e. The van der Waals surface area contributed by atoms with Crippen molar-refractivity contribution in [1.82, 2.24) is 0 Å². The Bertz CT molecular complexity index is 398. The van der Waals surface area contributed by atoms with Gasteiger partial charge in [0.15, 0.2) is 0 Å². The number of fused-ring (bicyclic) bond motifs is 1. The van der Waals surface area contributed by atoms with Gasteiger partial charge in [-0.25, -0.2) is 0 Å². The van der Waals surface area contributed by atoms with Crippen LogP contribution in [0.3, 0.4) is 0 Å². The van der Waals surface area contributed by atoms with Crippen molar-refractivity contribution in [2.24, 2.45) is 0 Å². The van der Waals surface area contributed by atoms with Crippen molar-refractivity contribution in [3.63, 3.8) is 0 Å². The van der Waals surface area contributed by atoms with E-state index in [2.05, 4.69) is 36.2 Å². The van der Waals surface area contributed by atoms with Gasteiger partial charge in [0.05, 0.1) is 0 Å². The highest BCUT2D eigenvalue weighted by Crippen LogP contribution is 2.25. The van der Waals surface area contributed by atoms with Gasteiger partial charge in [0.1, 0.15) is 0 Å². The van der Waals surface area contributed by atoms with E-state index in [0.717, 1.165) is 6.42 Å². The van der Waals surface area contributed by atoms with Crippen molar-refractivity contribution >= 4 is 21.4 Å². The number of rotatable bonds is 2. The zero-order valence-corrected chi connectivity index (χ0v) is 7.60. The second-order valence-corrected chi connectivity index (χ2v) is 3.66. The Hall–Kier alpha value is -1.08. The van der Waals surface area contributed by atoms with Gasteiger partial charge in [-0.15, -0.1) is 17.9 Å². The quantitative estimate of drug-likeness (QED) is 0.610. The van der Waals surface area contributed by atoms with E-state index in [0.29, 0.717) is 0 Å². The molecule has 0 aliphatic carbocycles. The maximum atomic E-state index is 3.75. The average molecular weight is 174 g/mol. The van der Waals surface area contributed by atoms with Gasteiger partial charge in [-0.3, -0.25) is 0 Å². The van der Waals surface area contributed by atoms with Crippen LogP contribution in [-0.2, 0) is 6.42 Å². The van der Waals surface area contributed by atoms with Gasteiger partial charge in [0, 0.05) is 4.70 Å². The van der Waals surface area contributed by atoms with Crippen molar-refractivity contribution in [2.45, 2.75) is 6.42 Å². The third kappa shape index (κ3) is 1.16. The predicted molar refractivity (Wildman–Crippen MR) is 55.7 cm³/mol. The van der Waals surface area contributed by atoms with Crippen LogP contribution in [0.2, 0.25) is 0 Å².